The van der Waals surface area contributed by atoms with Crippen molar-refractivity contribution in [2.45, 2.75) is 6.04 Å². The summed E-state index contributed by atoms with van der Waals surface area (Å²) in [6.45, 7) is 0.742. The summed E-state index contributed by atoms with van der Waals surface area (Å²) in [5.41, 5.74) is 7.27. The molecule has 2 heterocycles. The smallest absolute Gasteiger partial charge is 0.0722 e. The van der Waals surface area contributed by atoms with E-state index in [-0.39, 0.29) is 6.04 Å². The van der Waals surface area contributed by atoms with Gasteiger partial charge in [-0.1, -0.05) is 103 Å². The van der Waals surface area contributed by atoms with E-state index in [0.29, 0.717) is 0 Å². The van der Waals surface area contributed by atoms with Crippen molar-refractivity contribution in [3.63, 3.8) is 0 Å². The van der Waals surface area contributed by atoms with Gasteiger partial charge in [0.1, 0.15) is 0 Å². The molecule has 1 N–H and O–H groups in total. The Bertz CT molecular complexity index is 2180. The van der Waals surface area contributed by atoms with Crippen LogP contribution in [0.1, 0.15) is 5.56 Å². The second-order valence-corrected chi connectivity index (χ2v) is 11.5. The van der Waals surface area contributed by atoms with E-state index in [1.54, 1.807) is 0 Å². The fourth-order valence-corrected chi connectivity index (χ4v) is 7.30. The van der Waals surface area contributed by atoms with Gasteiger partial charge in [0, 0.05) is 30.0 Å². The molecule has 0 bridgehead atoms. The van der Waals surface area contributed by atoms with Crippen LogP contribution < -0.4 is 10.2 Å². The molecule has 0 amide bonds. The topological polar surface area (TPSA) is 18.5 Å². The van der Waals surface area contributed by atoms with Gasteiger partial charge in [-0.15, -0.1) is 0 Å². The summed E-state index contributed by atoms with van der Waals surface area (Å²) < 4.78 is 0. The second-order valence-electron chi connectivity index (χ2n) is 11.5. The van der Waals surface area contributed by atoms with Crippen LogP contribution in [-0.2, 0) is 0 Å². The zero-order valence-electron chi connectivity index (χ0n) is 23.4. The number of likely N-dealkylation sites (N-methyl/N-ethyl adjacent to an activating group) is 1. The van der Waals surface area contributed by atoms with Crippen LogP contribution in [0.2, 0.25) is 0 Å². The van der Waals surface area contributed by atoms with Crippen LogP contribution in [0.5, 0.6) is 0 Å². The first kappa shape index (κ1) is 23.4. The molecular weight excluding hydrogens is 510 g/mol. The summed E-state index contributed by atoms with van der Waals surface area (Å²) in [7, 11) is 2.18. The molecule has 0 spiro atoms. The number of hydrogen-bond donors (Lipinski definition) is 1. The van der Waals surface area contributed by atoms with Crippen molar-refractivity contribution in [2.24, 2.45) is 0 Å². The van der Waals surface area contributed by atoms with Crippen molar-refractivity contribution in [2.75, 3.05) is 23.8 Å². The molecule has 0 saturated heterocycles. The van der Waals surface area contributed by atoms with Crippen molar-refractivity contribution in [1.29, 1.82) is 0 Å². The van der Waals surface area contributed by atoms with Crippen LogP contribution >= 0.6 is 0 Å². The monoisotopic (exact) mass is 539 g/mol. The molecule has 0 unspecified atom stereocenters. The number of para-hydroxylation sites is 1. The Labute approximate surface area is 245 Å². The molecule has 1 atom stereocenters. The third kappa shape index (κ3) is 3.34. The van der Waals surface area contributed by atoms with Crippen LogP contribution in [-0.4, -0.2) is 24.5 Å². The molecule has 3 aliphatic rings. The zero-order valence-corrected chi connectivity index (χ0v) is 23.4. The lowest BCUT2D eigenvalue weighted by molar-refractivity contribution is 0.417. The van der Waals surface area contributed by atoms with Crippen LogP contribution in [0.4, 0.5) is 11.4 Å². The molecule has 6 aromatic rings. The molecule has 42 heavy (non-hydrogen) atoms. The maximum Gasteiger partial charge on any atom is 0.0722 e. The molecule has 3 heteroatoms. The first-order chi connectivity index (χ1) is 20.7. The first-order valence-electron chi connectivity index (χ1n) is 14.7. The van der Waals surface area contributed by atoms with Crippen molar-refractivity contribution < 1.29 is 0 Å². The van der Waals surface area contributed by atoms with Gasteiger partial charge in [0.05, 0.1) is 24.0 Å². The molecular formula is C39H29N3. The molecule has 0 radical (unpaired) electrons. The largest absolute Gasteiger partial charge is 0.379 e. The molecule has 0 aromatic heterocycles. The standard InChI is InChI=1S/C39H29N3/c1-41-24-29(22-27-10-3-5-18-36(27)41)42(28-21-26-9-2-4-17-35(26)40-23-28)37-20-19-33-31-14-7-12-25-11-6-13-30(38(25)31)32-15-8-16-34(37)39(32)33/h2-22,24,36,40H,23H2,1H3/t36-/m1/s1. The Balaban J connectivity index is 1.34. The quantitative estimate of drug-likeness (QED) is 0.179. The minimum atomic E-state index is 0.257. The van der Waals surface area contributed by atoms with Crippen molar-refractivity contribution in [3.8, 4) is 0 Å². The molecule has 200 valence electrons. The number of benzene rings is 6. The van der Waals surface area contributed by atoms with Gasteiger partial charge in [0.25, 0.3) is 0 Å². The van der Waals surface area contributed by atoms with Gasteiger partial charge in [-0.3, -0.25) is 0 Å². The normalized spacial score (nSPS) is 17.7. The second kappa shape index (κ2) is 8.86. The van der Waals surface area contributed by atoms with E-state index < -0.39 is 0 Å². The van der Waals surface area contributed by atoms with Crippen LogP contribution in [0.15, 0.2) is 145 Å². The first-order valence-corrected chi connectivity index (χ1v) is 14.7. The van der Waals surface area contributed by atoms with Crippen LogP contribution in [0.3, 0.4) is 0 Å². The fourth-order valence-electron chi connectivity index (χ4n) is 7.30. The van der Waals surface area contributed by atoms with Gasteiger partial charge < -0.3 is 15.1 Å². The Kier molecular flexibility index (Phi) is 4.94. The van der Waals surface area contributed by atoms with Gasteiger partial charge in [0.2, 0.25) is 0 Å². The average Bonchev–Trinajstić information content (AvgIpc) is 3.04. The minimum Gasteiger partial charge on any atom is -0.379 e. The van der Waals surface area contributed by atoms with Crippen molar-refractivity contribution in [3.05, 3.63) is 150 Å². The molecule has 0 saturated carbocycles. The number of nitrogens with zero attached hydrogens (tertiary/aromatic N) is 2. The third-order valence-corrected chi connectivity index (χ3v) is 9.16. The van der Waals surface area contributed by atoms with E-state index in [0.717, 1.165) is 12.2 Å². The number of allylic oxidation sites excluding steroid dienone is 3. The molecule has 1 aliphatic carbocycles. The average molecular weight is 540 g/mol. The Morgan fingerprint density at radius 1 is 0.714 bits per heavy atom. The van der Waals surface area contributed by atoms with E-state index in [1.165, 1.54) is 71.3 Å². The van der Waals surface area contributed by atoms with E-state index in [2.05, 4.69) is 156 Å². The maximum atomic E-state index is 3.69. The van der Waals surface area contributed by atoms with E-state index >= 15 is 0 Å². The van der Waals surface area contributed by atoms with E-state index in [9.17, 15) is 0 Å². The molecule has 0 fully saturated rings. The maximum absolute atomic E-state index is 3.69. The lowest BCUT2D eigenvalue weighted by Crippen LogP contribution is -2.35. The Morgan fingerprint density at radius 2 is 1.45 bits per heavy atom. The molecule has 9 rings (SSSR count). The summed E-state index contributed by atoms with van der Waals surface area (Å²) in [6, 6.07) is 33.7. The number of rotatable bonds is 3. The summed E-state index contributed by atoms with van der Waals surface area (Å²) in [4.78, 5) is 4.79. The highest BCUT2D eigenvalue weighted by atomic mass is 15.2. The summed E-state index contributed by atoms with van der Waals surface area (Å²) >= 11 is 0. The van der Waals surface area contributed by atoms with E-state index in [1.807, 2.05) is 0 Å². The van der Waals surface area contributed by atoms with E-state index in [4.69, 9.17) is 0 Å². The van der Waals surface area contributed by atoms with Crippen molar-refractivity contribution >= 4 is 60.5 Å². The summed E-state index contributed by atoms with van der Waals surface area (Å²) in [6.07, 6.45) is 15.8. The lowest BCUT2D eigenvalue weighted by Gasteiger charge is -2.38. The summed E-state index contributed by atoms with van der Waals surface area (Å²) in [5.74, 6) is 0. The summed E-state index contributed by atoms with van der Waals surface area (Å²) in [5, 5.41) is 14.2. The number of hydrogen-bond acceptors (Lipinski definition) is 3. The molecule has 3 nitrogen and oxygen atoms in total. The van der Waals surface area contributed by atoms with Gasteiger partial charge in [-0.25, -0.2) is 0 Å². The highest BCUT2D eigenvalue weighted by Gasteiger charge is 2.27. The number of nitrogens with one attached hydrogen (secondary N) is 1. The lowest BCUT2D eigenvalue weighted by atomic mass is 9.89. The van der Waals surface area contributed by atoms with Gasteiger partial charge in [0.15, 0.2) is 0 Å². The van der Waals surface area contributed by atoms with Gasteiger partial charge in [-0.2, -0.15) is 0 Å². The molecule has 2 aliphatic heterocycles. The SMILES string of the molecule is CN1C=C(N(C2=Cc3ccccc3NC2)c2ccc3c4cccc5cccc(c6cccc2c63)c54)C=C2C=CC=C[C@H]21. The van der Waals surface area contributed by atoms with Gasteiger partial charge in [-0.05, 0) is 73.1 Å². The van der Waals surface area contributed by atoms with Gasteiger partial charge >= 0.3 is 0 Å². The Hall–Kier alpha value is -5.28. The third-order valence-electron chi connectivity index (χ3n) is 9.16. The Morgan fingerprint density at radius 3 is 2.31 bits per heavy atom. The number of fused-ring (bicyclic) bond motifs is 4. The van der Waals surface area contributed by atoms with Crippen LogP contribution in [0, 0.1) is 0 Å². The predicted molar refractivity (Wildman–Crippen MR) is 179 cm³/mol. The van der Waals surface area contributed by atoms with Crippen LogP contribution in [0.25, 0.3) is 49.2 Å². The van der Waals surface area contributed by atoms with Crippen molar-refractivity contribution in [1.82, 2.24) is 4.90 Å². The zero-order chi connectivity index (χ0) is 27.8. The number of anilines is 2. The predicted octanol–water partition coefficient (Wildman–Crippen LogP) is 9.22. The highest BCUT2D eigenvalue weighted by molar-refractivity contribution is 6.34. The fraction of sp³-hybridized carbons (Fsp3) is 0.0769. The minimum absolute atomic E-state index is 0.257. The highest BCUT2D eigenvalue weighted by Crippen LogP contribution is 2.45. The molecule has 6 aromatic carbocycles.